The van der Waals surface area contributed by atoms with Gasteiger partial charge >= 0.3 is 0 Å². The molecule has 0 atom stereocenters. The first-order valence-electron chi connectivity index (χ1n) is 8.63. The number of aromatic nitrogens is 3. The molecule has 0 radical (unpaired) electrons. The lowest BCUT2D eigenvalue weighted by Gasteiger charge is -2.22. The van der Waals surface area contributed by atoms with Crippen LogP contribution in [0.1, 0.15) is 43.6 Å². The monoisotopic (exact) mass is 359 g/mol. The second-order valence-corrected chi connectivity index (χ2v) is 8.83. The Bertz CT molecular complexity index is 1010. The highest BCUT2D eigenvalue weighted by molar-refractivity contribution is 7.90. The van der Waals surface area contributed by atoms with E-state index in [1.54, 1.807) is 18.5 Å². The summed E-state index contributed by atoms with van der Waals surface area (Å²) in [5.74, 6) is 0.701. The van der Waals surface area contributed by atoms with Crippen molar-refractivity contribution in [1.29, 1.82) is 0 Å². The van der Waals surface area contributed by atoms with Gasteiger partial charge in [0.15, 0.2) is 0 Å². The molecule has 7 heteroatoms. The summed E-state index contributed by atoms with van der Waals surface area (Å²) >= 11 is 0. The highest BCUT2D eigenvalue weighted by atomic mass is 32.2. The van der Waals surface area contributed by atoms with Gasteiger partial charge < -0.3 is 4.52 Å². The summed E-state index contributed by atoms with van der Waals surface area (Å²) in [6, 6.07) is 3.63. The highest BCUT2D eigenvalue weighted by Crippen LogP contribution is 2.31. The third-order valence-electron chi connectivity index (χ3n) is 5.07. The van der Waals surface area contributed by atoms with Crippen LogP contribution in [-0.2, 0) is 10.0 Å². The van der Waals surface area contributed by atoms with E-state index < -0.39 is 10.0 Å². The van der Waals surface area contributed by atoms with Crippen molar-refractivity contribution >= 4 is 21.1 Å². The van der Waals surface area contributed by atoms with E-state index >= 15 is 0 Å². The maximum absolute atomic E-state index is 13.1. The van der Waals surface area contributed by atoms with Crippen LogP contribution in [0.5, 0.6) is 0 Å². The van der Waals surface area contributed by atoms with Gasteiger partial charge in [0.25, 0.3) is 0 Å². The van der Waals surface area contributed by atoms with E-state index in [0.29, 0.717) is 16.8 Å². The van der Waals surface area contributed by atoms with Crippen molar-refractivity contribution in [2.24, 2.45) is 0 Å². The van der Waals surface area contributed by atoms with Crippen molar-refractivity contribution in [3.05, 3.63) is 36.0 Å². The summed E-state index contributed by atoms with van der Waals surface area (Å²) in [4.78, 5) is 4.44. The SMILES string of the molecule is Cc1noc(C)c1-c1cnc2ccn(S(=O)(=O)C3CCCCC3)c2c1. The second kappa shape index (κ2) is 5.98. The Morgan fingerprint density at radius 2 is 1.96 bits per heavy atom. The molecule has 1 aliphatic rings. The van der Waals surface area contributed by atoms with Crippen LogP contribution >= 0.6 is 0 Å². The lowest BCUT2D eigenvalue weighted by molar-refractivity contribution is 0.393. The van der Waals surface area contributed by atoms with Gasteiger partial charge in [0, 0.05) is 23.5 Å². The summed E-state index contributed by atoms with van der Waals surface area (Å²) < 4.78 is 32.8. The van der Waals surface area contributed by atoms with Gasteiger partial charge in [-0.05, 0) is 38.8 Å². The molecule has 0 aromatic carbocycles. The Balaban J connectivity index is 1.84. The van der Waals surface area contributed by atoms with Gasteiger partial charge in [-0.1, -0.05) is 24.4 Å². The Labute approximate surface area is 146 Å². The van der Waals surface area contributed by atoms with Crippen molar-refractivity contribution in [2.45, 2.75) is 51.2 Å². The Morgan fingerprint density at radius 1 is 1.20 bits per heavy atom. The molecule has 0 saturated heterocycles. The molecule has 3 aromatic heterocycles. The van der Waals surface area contributed by atoms with Crippen molar-refractivity contribution in [3.63, 3.8) is 0 Å². The van der Waals surface area contributed by atoms with Crippen molar-refractivity contribution in [2.75, 3.05) is 0 Å². The zero-order valence-corrected chi connectivity index (χ0v) is 15.2. The quantitative estimate of drug-likeness (QED) is 0.710. The van der Waals surface area contributed by atoms with Gasteiger partial charge in [0.1, 0.15) is 5.76 Å². The maximum atomic E-state index is 13.1. The smallest absolute Gasteiger partial charge is 0.241 e. The van der Waals surface area contributed by atoms with Crippen LogP contribution in [-0.4, -0.2) is 27.8 Å². The highest BCUT2D eigenvalue weighted by Gasteiger charge is 2.30. The minimum atomic E-state index is -3.41. The lowest BCUT2D eigenvalue weighted by Crippen LogP contribution is -2.29. The molecule has 132 valence electrons. The fourth-order valence-electron chi connectivity index (χ4n) is 3.76. The van der Waals surface area contributed by atoms with Crippen LogP contribution < -0.4 is 0 Å². The number of pyridine rings is 1. The van der Waals surface area contributed by atoms with Crippen molar-refractivity contribution in [3.8, 4) is 11.1 Å². The molecule has 1 fully saturated rings. The molecule has 3 heterocycles. The van der Waals surface area contributed by atoms with Crippen LogP contribution in [0.2, 0.25) is 0 Å². The fourth-order valence-corrected chi connectivity index (χ4v) is 5.67. The van der Waals surface area contributed by atoms with Gasteiger partial charge in [-0.15, -0.1) is 0 Å². The van der Waals surface area contributed by atoms with E-state index in [9.17, 15) is 8.42 Å². The third-order valence-corrected chi connectivity index (χ3v) is 7.25. The average Bonchev–Trinajstić information content (AvgIpc) is 3.18. The Hall–Kier alpha value is -2.15. The molecule has 1 saturated carbocycles. The zero-order chi connectivity index (χ0) is 17.6. The number of hydrogen-bond acceptors (Lipinski definition) is 5. The standard InChI is InChI=1S/C18H21N3O3S/c1-12-18(13(2)24-20-12)14-10-17-16(19-11-14)8-9-21(17)25(22,23)15-6-4-3-5-7-15/h8-11,15H,3-7H2,1-2H3. The molecule has 0 unspecified atom stereocenters. The molecule has 3 aromatic rings. The second-order valence-electron chi connectivity index (χ2n) is 6.74. The van der Waals surface area contributed by atoms with E-state index in [4.69, 9.17) is 4.52 Å². The van der Waals surface area contributed by atoms with Crippen LogP contribution in [0, 0.1) is 13.8 Å². The average molecular weight is 359 g/mol. The van der Waals surface area contributed by atoms with E-state index in [2.05, 4.69) is 10.1 Å². The molecule has 0 aliphatic heterocycles. The molecular formula is C18H21N3O3S. The molecule has 4 rings (SSSR count). The van der Waals surface area contributed by atoms with Gasteiger partial charge in [-0.25, -0.2) is 12.4 Å². The Kier molecular flexibility index (Phi) is 3.91. The number of nitrogens with zero attached hydrogens (tertiary/aromatic N) is 3. The molecule has 0 N–H and O–H groups in total. The first-order chi connectivity index (χ1) is 12.0. The molecule has 0 bridgehead atoms. The van der Waals surface area contributed by atoms with Crippen molar-refractivity contribution < 1.29 is 12.9 Å². The third kappa shape index (κ3) is 2.66. The largest absolute Gasteiger partial charge is 0.361 e. The normalized spacial score (nSPS) is 16.6. The topological polar surface area (TPSA) is 78.0 Å². The summed E-state index contributed by atoms with van der Waals surface area (Å²) in [6.07, 6.45) is 7.91. The number of fused-ring (bicyclic) bond motifs is 1. The van der Waals surface area contributed by atoms with E-state index in [-0.39, 0.29) is 5.25 Å². The van der Waals surface area contributed by atoms with Crippen LogP contribution in [0.4, 0.5) is 0 Å². The van der Waals surface area contributed by atoms with Gasteiger partial charge in [-0.2, -0.15) is 0 Å². The predicted molar refractivity (Wildman–Crippen MR) is 95.9 cm³/mol. The fraction of sp³-hybridized carbons (Fsp3) is 0.444. The minimum absolute atomic E-state index is 0.306. The molecule has 0 spiro atoms. The first kappa shape index (κ1) is 16.3. The molecule has 6 nitrogen and oxygen atoms in total. The van der Waals surface area contributed by atoms with E-state index in [1.165, 1.54) is 3.97 Å². The van der Waals surface area contributed by atoms with Crippen LogP contribution in [0.3, 0.4) is 0 Å². The zero-order valence-electron chi connectivity index (χ0n) is 14.4. The summed E-state index contributed by atoms with van der Waals surface area (Å²) in [5, 5.41) is 3.67. The van der Waals surface area contributed by atoms with Gasteiger partial charge in [0.2, 0.25) is 10.0 Å². The maximum Gasteiger partial charge on any atom is 0.241 e. The van der Waals surface area contributed by atoms with E-state index in [1.807, 2.05) is 19.9 Å². The minimum Gasteiger partial charge on any atom is -0.361 e. The van der Waals surface area contributed by atoms with Crippen LogP contribution in [0.25, 0.3) is 22.2 Å². The molecular weight excluding hydrogens is 338 g/mol. The summed E-state index contributed by atoms with van der Waals surface area (Å²) in [6.45, 7) is 3.71. The van der Waals surface area contributed by atoms with E-state index in [0.717, 1.165) is 48.9 Å². The predicted octanol–water partition coefficient (Wildman–Crippen LogP) is 3.82. The number of rotatable bonds is 3. The van der Waals surface area contributed by atoms with Gasteiger partial charge in [-0.3, -0.25) is 4.98 Å². The number of hydrogen-bond donors (Lipinski definition) is 0. The lowest BCUT2D eigenvalue weighted by atomic mass is 10.0. The molecule has 1 aliphatic carbocycles. The summed E-state index contributed by atoms with van der Waals surface area (Å²) in [5.41, 5.74) is 3.75. The van der Waals surface area contributed by atoms with Gasteiger partial charge in [0.05, 0.1) is 22.0 Å². The summed E-state index contributed by atoms with van der Waals surface area (Å²) in [7, 11) is -3.41. The molecule has 25 heavy (non-hydrogen) atoms. The number of aryl methyl sites for hydroxylation is 2. The Morgan fingerprint density at radius 3 is 2.64 bits per heavy atom. The van der Waals surface area contributed by atoms with Crippen LogP contribution in [0.15, 0.2) is 29.0 Å². The molecule has 0 amide bonds. The first-order valence-corrected chi connectivity index (χ1v) is 10.1. The van der Waals surface area contributed by atoms with Crippen molar-refractivity contribution in [1.82, 2.24) is 14.1 Å².